The second-order valence-electron chi connectivity index (χ2n) is 37.2. The Kier molecular flexibility index (Phi) is 32.2. The third-order valence-corrected chi connectivity index (χ3v) is 33.2. The molecule has 0 saturated carbocycles. The minimum Gasteiger partial charge on any atom is -0.493 e. The van der Waals surface area contributed by atoms with Gasteiger partial charge in [-0.2, -0.15) is 8.75 Å². The van der Waals surface area contributed by atoms with Gasteiger partial charge < -0.3 is 33.2 Å². The van der Waals surface area contributed by atoms with Gasteiger partial charge in [-0.3, -0.25) is 0 Å². The molecule has 15 rings (SSSR count). The maximum Gasteiger partial charge on any atom is 0.181 e. The molecule has 7 heterocycles. The van der Waals surface area contributed by atoms with Crippen LogP contribution in [0.4, 0.5) is 0 Å². The van der Waals surface area contributed by atoms with E-state index in [0.717, 1.165) is 171 Å². The molecule has 14 heteroatoms. The molecule has 125 heavy (non-hydrogen) atoms. The van der Waals surface area contributed by atoms with Crippen LogP contribution in [0.5, 0.6) is 28.7 Å². The molecule has 2 atom stereocenters. The standard InChI is InChI=1S/C111H142N2O7S5/c1-13-22-29-36-43-79-47-55-83(56-48-79)110(84-57-49-80(50-58-84)44-37-30-23-14-2)89-68-88-90(67-87(89)103-91(110)66-76(10)121-103)111(85-59-51-81(52-60-85)45-38-31-24-15-3,86-61-53-82(54-62-86)46-39-32-25-16-4)92-69-93(123-104(88)92)105-101-102(120-75-109(21-9,74-119-101)71-115-64-41-34-27-18-6)106(124-105)94-77(11)98(116-65-42-35-28-19-7)95(97-96(94)112-125-113-97)107-100-99(78(12)122-107)117-72-108(20-8,73-118-100)70-114-63-40-33-26-17-5/h47-62,66-69H,13-46,63-65,70-75H2,1-12H3. The summed E-state index contributed by atoms with van der Waals surface area (Å²) in [6.45, 7) is 32.3. The van der Waals surface area contributed by atoms with Gasteiger partial charge in [0.15, 0.2) is 23.0 Å². The number of nitrogens with zero attached hydrogens (tertiary/aromatic N) is 2. The fourth-order valence-corrected chi connectivity index (χ4v) is 25.6. The van der Waals surface area contributed by atoms with Crippen molar-refractivity contribution in [2.45, 2.75) is 312 Å². The van der Waals surface area contributed by atoms with Crippen molar-refractivity contribution in [2.24, 2.45) is 10.8 Å². The van der Waals surface area contributed by atoms with E-state index in [-0.39, 0.29) is 5.41 Å². The summed E-state index contributed by atoms with van der Waals surface area (Å²) in [6, 6.07) is 50.6. The van der Waals surface area contributed by atoms with E-state index in [1.54, 1.807) is 22.7 Å². The number of aromatic nitrogens is 2. The molecule has 0 amide bonds. The molecule has 0 saturated heterocycles. The van der Waals surface area contributed by atoms with Gasteiger partial charge in [0.2, 0.25) is 0 Å². The summed E-state index contributed by atoms with van der Waals surface area (Å²) in [7, 11) is 0. The van der Waals surface area contributed by atoms with Gasteiger partial charge in [-0.05, 0) is 206 Å². The summed E-state index contributed by atoms with van der Waals surface area (Å²) >= 11 is 8.68. The zero-order chi connectivity index (χ0) is 86.9. The highest BCUT2D eigenvalue weighted by atomic mass is 32.1. The fourth-order valence-electron chi connectivity index (χ4n) is 20.2. The van der Waals surface area contributed by atoms with Gasteiger partial charge in [-0.15, -0.1) is 45.3 Å². The summed E-state index contributed by atoms with van der Waals surface area (Å²) < 4.78 is 61.4. The number of fused-ring (bicyclic) bond motifs is 9. The van der Waals surface area contributed by atoms with E-state index in [9.17, 15) is 0 Å². The van der Waals surface area contributed by atoms with Crippen molar-refractivity contribution in [2.75, 3.05) is 59.5 Å². The molecule has 5 aromatic heterocycles. The molecule has 2 aliphatic carbocycles. The van der Waals surface area contributed by atoms with E-state index in [4.69, 9.17) is 41.9 Å². The van der Waals surface area contributed by atoms with Crippen molar-refractivity contribution in [3.05, 3.63) is 203 Å². The predicted molar refractivity (Wildman–Crippen MR) is 532 cm³/mol. The molecule has 9 nitrogen and oxygen atoms in total. The van der Waals surface area contributed by atoms with Crippen LogP contribution in [0.25, 0.3) is 62.6 Å². The highest BCUT2D eigenvalue weighted by Gasteiger charge is 2.54. The number of unbranched alkanes of at least 4 members (excludes halogenated alkanes) is 21. The van der Waals surface area contributed by atoms with Crippen LogP contribution in [0.1, 0.15) is 337 Å². The lowest BCUT2D eigenvalue weighted by molar-refractivity contribution is -0.00825. The first-order valence-electron chi connectivity index (χ1n) is 49.0. The molecular weight excluding hydrogens is 1630 g/mol. The number of benzene rings is 6. The Morgan fingerprint density at radius 3 is 1.11 bits per heavy atom. The number of thiophene rings is 4. The Balaban J connectivity index is 0.962. The minimum atomic E-state index is -0.742. The van der Waals surface area contributed by atoms with Crippen LogP contribution in [-0.2, 0) is 46.0 Å². The van der Waals surface area contributed by atoms with Gasteiger partial charge in [0.25, 0.3) is 0 Å². The smallest absolute Gasteiger partial charge is 0.181 e. The summed E-state index contributed by atoms with van der Waals surface area (Å²) in [5.41, 5.74) is 21.2. The first-order chi connectivity index (χ1) is 61.3. The van der Waals surface area contributed by atoms with Crippen LogP contribution >= 0.6 is 57.1 Å². The Morgan fingerprint density at radius 2 is 0.696 bits per heavy atom. The molecule has 0 N–H and O–H groups in total. The quantitative estimate of drug-likeness (QED) is 0.0346. The van der Waals surface area contributed by atoms with Gasteiger partial charge >= 0.3 is 0 Å². The predicted octanol–water partition coefficient (Wildman–Crippen LogP) is 32.6. The van der Waals surface area contributed by atoms with Crippen LogP contribution in [-0.4, -0.2) is 68.2 Å². The zero-order valence-electron chi connectivity index (χ0n) is 77.7. The number of aryl methyl sites for hydroxylation is 6. The SMILES string of the molecule is CCCCCCOCC1(CC)COc2c(C)sc(-c3c(OCCCCCC)c(C)c(-c4sc(-c5cc6c(s5)-c5cc7c(cc5C6(c5ccc(CCCCCC)cc5)c5ccc(CCCCCC)cc5)-c5sc(C)cc5C7(c5ccc(CCCCCC)cc5)c5ccc(CCCCCC)cc5)c5c4OCC(CC)(COCCCCCC)CO5)c4nsnc34)c2OC1. The van der Waals surface area contributed by atoms with Crippen molar-refractivity contribution >= 4 is 68.1 Å². The third kappa shape index (κ3) is 19.4. The van der Waals surface area contributed by atoms with Gasteiger partial charge in [0.05, 0.1) is 99.8 Å². The zero-order valence-corrected chi connectivity index (χ0v) is 81.8. The third-order valence-electron chi connectivity index (χ3n) is 28.0. The maximum absolute atomic E-state index is 7.77. The van der Waals surface area contributed by atoms with E-state index >= 15 is 0 Å². The highest BCUT2D eigenvalue weighted by Crippen LogP contribution is 2.68. The molecule has 6 aromatic carbocycles. The second kappa shape index (κ2) is 43.5. The van der Waals surface area contributed by atoms with Crippen molar-refractivity contribution in [3.8, 4) is 80.3 Å². The van der Waals surface area contributed by atoms with E-state index in [1.165, 1.54) is 239 Å². The summed E-state index contributed by atoms with van der Waals surface area (Å²) in [5.74, 6) is 3.87. The van der Waals surface area contributed by atoms with Gasteiger partial charge in [0.1, 0.15) is 16.8 Å². The first kappa shape index (κ1) is 92.6. The fraction of sp³-hybridized carbons (Fsp3) is 0.532. The molecule has 2 unspecified atom stereocenters. The molecule has 0 radical (unpaired) electrons. The van der Waals surface area contributed by atoms with Gasteiger partial charge in [0, 0.05) is 48.7 Å². The van der Waals surface area contributed by atoms with Crippen LogP contribution in [0.3, 0.4) is 0 Å². The molecule has 2 aliphatic heterocycles. The lowest BCUT2D eigenvalue weighted by Gasteiger charge is -2.35. The van der Waals surface area contributed by atoms with Crippen molar-refractivity contribution in [1.29, 1.82) is 0 Å². The number of hydrogen-bond donors (Lipinski definition) is 0. The Morgan fingerprint density at radius 1 is 0.336 bits per heavy atom. The molecule has 0 spiro atoms. The molecule has 0 fully saturated rings. The molecule has 0 bridgehead atoms. The molecular formula is C111H142N2O7S5. The van der Waals surface area contributed by atoms with Crippen LogP contribution in [0.2, 0.25) is 0 Å². The Bertz CT molecular complexity index is 5200. The summed E-state index contributed by atoms with van der Waals surface area (Å²) in [5, 5.41) is 0. The average Bonchev–Trinajstić information content (AvgIpc) is 1.50. The summed E-state index contributed by atoms with van der Waals surface area (Å²) in [4.78, 5) is 9.20. The maximum atomic E-state index is 7.77. The highest BCUT2D eigenvalue weighted by molar-refractivity contribution is 7.26. The molecule has 11 aromatic rings. The van der Waals surface area contributed by atoms with Crippen molar-refractivity contribution in [1.82, 2.24) is 8.75 Å². The van der Waals surface area contributed by atoms with E-state index in [1.807, 2.05) is 22.7 Å². The monoisotopic (exact) mass is 1770 g/mol. The normalized spacial score (nSPS) is 16.5. The number of rotatable bonds is 49. The van der Waals surface area contributed by atoms with Crippen LogP contribution < -0.4 is 23.7 Å². The minimum absolute atomic E-state index is 0.320. The van der Waals surface area contributed by atoms with Gasteiger partial charge in [-0.25, -0.2) is 0 Å². The van der Waals surface area contributed by atoms with Gasteiger partial charge in [-0.1, -0.05) is 294 Å². The molecule has 4 aliphatic rings. The number of hydrogen-bond acceptors (Lipinski definition) is 14. The van der Waals surface area contributed by atoms with Crippen molar-refractivity contribution < 1.29 is 33.2 Å². The first-order valence-corrected chi connectivity index (χ1v) is 53.0. The topological polar surface area (TPSA) is 90.4 Å². The molecule has 668 valence electrons. The lowest BCUT2D eigenvalue weighted by atomic mass is 9.65. The lowest BCUT2D eigenvalue weighted by Crippen LogP contribution is -2.37. The Hall–Kier alpha value is -7.14. The second-order valence-corrected chi connectivity index (χ2v) is 42.2. The van der Waals surface area contributed by atoms with E-state index < -0.39 is 16.2 Å². The van der Waals surface area contributed by atoms with Crippen molar-refractivity contribution in [3.63, 3.8) is 0 Å². The van der Waals surface area contributed by atoms with E-state index in [2.05, 4.69) is 204 Å². The average molecular weight is 1780 g/mol. The summed E-state index contributed by atoms with van der Waals surface area (Å²) in [6.07, 6.45) is 39.2. The van der Waals surface area contributed by atoms with Crippen LogP contribution in [0.15, 0.2) is 121 Å². The van der Waals surface area contributed by atoms with Crippen LogP contribution in [0, 0.1) is 31.6 Å². The van der Waals surface area contributed by atoms with E-state index in [0.29, 0.717) is 52.9 Å². The Labute approximate surface area is 770 Å². The number of ether oxygens (including phenoxy) is 7. The largest absolute Gasteiger partial charge is 0.493 e.